The maximum atomic E-state index is 13.0. The summed E-state index contributed by atoms with van der Waals surface area (Å²) in [6.45, 7) is 2.75. The second-order valence-electron chi connectivity index (χ2n) is 7.47. The van der Waals surface area contributed by atoms with E-state index in [9.17, 15) is 9.59 Å². The van der Waals surface area contributed by atoms with Gasteiger partial charge >= 0.3 is 0 Å². The number of hydrogen-bond donors (Lipinski definition) is 1. The minimum atomic E-state index is -0.0494. The van der Waals surface area contributed by atoms with Gasteiger partial charge in [-0.15, -0.1) is 0 Å². The average Bonchev–Trinajstić information content (AvgIpc) is 3.21. The monoisotopic (exact) mass is 384 g/mol. The molecule has 0 bridgehead atoms. The molecule has 1 heterocycles. The molecule has 4 nitrogen and oxygen atoms in total. The number of amides is 1. The lowest BCUT2D eigenvalue weighted by Gasteiger charge is -2.17. The van der Waals surface area contributed by atoms with Gasteiger partial charge in [0.2, 0.25) is 0 Å². The summed E-state index contributed by atoms with van der Waals surface area (Å²) >= 11 is 0. The second-order valence-corrected chi connectivity index (χ2v) is 7.47. The van der Waals surface area contributed by atoms with Crippen LogP contribution in [-0.4, -0.2) is 36.2 Å². The standard InChI is InChI=1S/C25H24N2O2/c28-18-20-10-12-21(13-11-20)23-8-4-5-9-24(23)25(29)26-22-14-15-27(17-22)16-19-6-2-1-3-7-19/h1-13,18,22H,14-17H2,(H,26,29). The van der Waals surface area contributed by atoms with Gasteiger partial charge in [-0.3, -0.25) is 14.5 Å². The summed E-state index contributed by atoms with van der Waals surface area (Å²) in [6.07, 6.45) is 1.78. The van der Waals surface area contributed by atoms with Gasteiger partial charge < -0.3 is 5.32 Å². The first-order valence-corrected chi connectivity index (χ1v) is 9.95. The Hall–Kier alpha value is -3.24. The highest BCUT2D eigenvalue weighted by Crippen LogP contribution is 2.24. The Morgan fingerprint density at radius 3 is 2.45 bits per heavy atom. The number of carbonyl (C=O) groups is 2. The zero-order valence-electron chi connectivity index (χ0n) is 16.3. The van der Waals surface area contributed by atoms with Crippen molar-refractivity contribution in [2.45, 2.75) is 19.0 Å². The summed E-state index contributed by atoms with van der Waals surface area (Å²) < 4.78 is 0. The topological polar surface area (TPSA) is 49.4 Å². The van der Waals surface area contributed by atoms with Gasteiger partial charge in [-0.1, -0.05) is 72.8 Å². The van der Waals surface area contributed by atoms with E-state index in [1.165, 1.54) is 5.56 Å². The first-order chi connectivity index (χ1) is 14.2. The molecule has 1 N–H and O–H groups in total. The molecule has 0 aromatic heterocycles. The van der Waals surface area contributed by atoms with Crippen LogP contribution in [-0.2, 0) is 6.54 Å². The van der Waals surface area contributed by atoms with Crippen molar-refractivity contribution in [3.8, 4) is 11.1 Å². The van der Waals surface area contributed by atoms with Gasteiger partial charge in [-0.25, -0.2) is 0 Å². The van der Waals surface area contributed by atoms with E-state index in [4.69, 9.17) is 0 Å². The van der Waals surface area contributed by atoms with Gasteiger partial charge in [0, 0.05) is 36.8 Å². The van der Waals surface area contributed by atoms with Crippen LogP contribution in [0.2, 0.25) is 0 Å². The normalized spacial score (nSPS) is 16.5. The third kappa shape index (κ3) is 4.61. The van der Waals surface area contributed by atoms with Crippen molar-refractivity contribution in [2.75, 3.05) is 13.1 Å². The third-order valence-electron chi connectivity index (χ3n) is 5.39. The van der Waals surface area contributed by atoms with Gasteiger partial charge in [0.1, 0.15) is 6.29 Å². The lowest BCUT2D eigenvalue weighted by Crippen LogP contribution is -2.37. The molecule has 1 aliphatic rings. The van der Waals surface area contributed by atoms with Crippen LogP contribution in [0.1, 0.15) is 32.7 Å². The van der Waals surface area contributed by atoms with Gasteiger partial charge in [-0.05, 0) is 29.2 Å². The Balaban J connectivity index is 1.43. The summed E-state index contributed by atoms with van der Waals surface area (Å²) in [7, 11) is 0. The van der Waals surface area contributed by atoms with E-state index in [2.05, 4.69) is 34.5 Å². The molecule has 1 unspecified atom stereocenters. The predicted molar refractivity (Wildman–Crippen MR) is 115 cm³/mol. The summed E-state index contributed by atoms with van der Waals surface area (Å²) in [5.74, 6) is -0.0494. The van der Waals surface area contributed by atoms with Gasteiger partial charge in [0.15, 0.2) is 0 Å². The SMILES string of the molecule is O=Cc1ccc(-c2ccccc2C(=O)NC2CCN(Cc3ccccc3)C2)cc1. The average molecular weight is 384 g/mol. The Labute approximate surface area is 171 Å². The van der Waals surface area contributed by atoms with Crippen LogP contribution in [0.3, 0.4) is 0 Å². The lowest BCUT2D eigenvalue weighted by molar-refractivity contribution is 0.0938. The number of nitrogens with zero attached hydrogens (tertiary/aromatic N) is 1. The minimum Gasteiger partial charge on any atom is -0.348 e. The number of carbonyl (C=O) groups excluding carboxylic acids is 2. The van der Waals surface area contributed by atoms with Crippen LogP contribution >= 0.6 is 0 Å². The van der Waals surface area contributed by atoms with E-state index < -0.39 is 0 Å². The van der Waals surface area contributed by atoms with Crippen LogP contribution in [0, 0.1) is 0 Å². The fourth-order valence-electron chi connectivity index (χ4n) is 3.87. The molecule has 146 valence electrons. The number of benzene rings is 3. The molecule has 1 aliphatic heterocycles. The van der Waals surface area contributed by atoms with Gasteiger partial charge in [0.25, 0.3) is 5.91 Å². The van der Waals surface area contributed by atoms with E-state index in [0.717, 1.165) is 43.5 Å². The highest BCUT2D eigenvalue weighted by Gasteiger charge is 2.25. The van der Waals surface area contributed by atoms with Crippen molar-refractivity contribution < 1.29 is 9.59 Å². The van der Waals surface area contributed by atoms with Crippen molar-refractivity contribution >= 4 is 12.2 Å². The number of rotatable bonds is 6. The molecule has 1 amide bonds. The molecular formula is C25H24N2O2. The molecule has 0 radical (unpaired) electrons. The molecule has 29 heavy (non-hydrogen) atoms. The predicted octanol–water partition coefficient (Wildman–Crippen LogP) is 4.17. The Kier molecular flexibility index (Phi) is 5.82. The largest absolute Gasteiger partial charge is 0.348 e. The summed E-state index contributed by atoms with van der Waals surface area (Å²) in [4.78, 5) is 26.3. The van der Waals surface area contributed by atoms with Crippen molar-refractivity contribution in [3.05, 3.63) is 95.6 Å². The van der Waals surface area contributed by atoms with E-state index in [1.54, 1.807) is 12.1 Å². The van der Waals surface area contributed by atoms with Crippen LogP contribution in [0.5, 0.6) is 0 Å². The minimum absolute atomic E-state index is 0.0494. The molecule has 1 atom stereocenters. The first kappa shape index (κ1) is 19.1. The van der Waals surface area contributed by atoms with Crippen molar-refractivity contribution in [1.82, 2.24) is 10.2 Å². The zero-order chi connectivity index (χ0) is 20.1. The van der Waals surface area contributed by atoms with Crippen LogP contribution < -0.4 is 5.32 Å². The lowest BCUT2D eigenvalue weighted by atomic mass is 9.98. The maximum Gasteiger partial charge on any atom is 0.252 e. The molecule has 1 saturated heterocycles. The van der Waals surface area contributed by atoms with E-state index in [-0.39, 0.29) is 11.9 Å². The van der Waals surface area contributed by atoms with Crippen molar-refractivity contribution in [3.63, 3.8) is 0 Å². The van der Waals surface area contributed by atoms with Crippen LogP contribution in [0.4, 0.5) is 0 Å². The molecule has 3 aromatic carbocycles. The number of likely N-dealkylation sites (tertiary alicyclic amines) is 1. The highest BCUT2D eigenvalue weighted by molar-refractivity contribution is 6.01. The molecule has 0 spiro atoms. The second kappa shape index (κ2) is 8.84. The zero-order valence-corrected chi connectivity index (χ0v) is 16.3. The fourth-order valence-corrected chi connectivity index (χ4v) is 3.87. The molecule has 3 aromatic rings. The summed E-state index contributed by atoms with van der Waals surface area (Å²) in [5.41, 5.74) is 4.39. The van der Waals surface area contributed by atoms with Gasteiger partial charge in [0.05, 0.1) is 0 Å². The number of hydrogen-bond acceptors (Lipinski definition) is 3. The van der Waals surface area contributed by atoms with Crippen LogP contribution in [0.25, 0.3) is 11.1 Å². The summed E-state index contributed by atoms with van der Waals surface area (Å²) in [6, 6.07) is 25.5. The molecule has 4 rings (SSSR count). The van der Waals surface area contributed by atoms with E-state index in [1.807, 2.05) is 42.5 Å². The smallest absolute Gasteiger partial charge is 0.252 e. The van der Waals surface area contributed by atoms with E-state index in [0.29, 0.717) is 11.1 Å². The van der Waals surface area contributed by atoms with Crippen LogP contribution in [0.15, 0.2) is 78.9 Å². The molecule has 4 heteroatoms. The Bertz CT molecular complexity index is 983. The first-order valence-electron chi connectivity index (χ1n) is 9.95. The fraction of sp³-hybridized carbons (Fsp3) is 0.200. The summed E-state index contributed by atoms with van der Waals surface area (Å²) in [5, 5.41) is 3.21. The van der Waals surface area contributed by atoms with Crippen molar-refractivity contribution in [1.29, 1.82) is 0 Å². The number of nitrogens with one attached hydrogen (secondary N) is 1. The quantitative estimate of drug-likeness (QED) is 0.649. The third-order valence-corrected chi connectivity index (χ3v) is 5.39. The van der Waals surface area contributed by atoms with E-state index >= 15 is 0 Å². The van der Waals surface area contributed by atoms with Gasteiger partial charge in [-0.2, -0.15) is 0 Å². The maximum absolute atomic E-state index is 13.0. The highest BCUT2D eigenvalue weighted by atomic mass is 16.1. The number of aldehydes is 1. The Morgan fingerprint density at radius 2 is 1.69 bits per heavy atom. The molecule has 1 fully saturated rings. The molecule has 0 saturated carbocycles. The Morgan fingerprint density at radius 1 is 0.966 bits per heavy atom. The molecular weight excluding hydrogens is 360 g/mol. The van der Waals surface area contributed by atoms with Crippen molar-refractivity contribution in [2.24, 2.45) is 0 Å². The molecule has 0 aliphatic carbocycles.